The fourth-order valence-electron chi connectivity index (χ4n) is 1.94. The van der Waals surface area contributed by atoms with Crippen LogP contribution < -0.4 is 5.32 Å². The molecule has 0 saturated carbocycles. The highest BCUT2D eigenvalue weighted by Crippen LogP contribution is 2.33. The molecule has 0 aliphatic heterocycles. The zero-order valence-corrected chi connectivity index (χ0v) is 11.8. The molecule has 0 amide bonds. The summed E-state index contributed by atoms with van der Waals surface area (Å²) < 4.78 is 19.7. The summed E-state index contributed by atoms with van der Waals surface area (Å²) >= 11 is 1.45. The zero-order valence-electron chi connectivity index (χ0n) is 11.0. The number of hydrogen-bond donors (Lipinski definition) is 1. The number of halogens is 1. The van der Waals surface area contributed by atoms with Crippen molar-refractivity contribution < 1.29 is 8.81 Å². The Morgan fingerprint density at radius 3 is 3.05 bits per heavy atom. The molecule has 3 rings (SSSR count). The van der Waals surface area contributed by atoms with Crippen molar-refractivity contribution in [3.8, 4) is 10.8 Å². The van der Waals surface area contributed by atoms with Gasteiger partial charge in [0.05, 0.1) is 4.88 Å². The van der Waals surface area contributed by atoms with Crippen LogP contribution in [0.4, 0.5) is 4.39 Å². The van der Waals surface area contributed by atoms with Crippen LogP contribution in [0.2, 0.25) is 0 Å². The number of fused-ring (bicyclic) bond motifs is 1. The molecule has 0 atom stereocenters. The van der Waals surface area contributed by atoms with E-state index in [-0.39, 0.29) is 5.82 Å². The molecule has 2 heterocycles. The Morgan fingerprint density at radius 2 is 2.20 bits per heavy atom. The summed E-state index contributed by atoms with van der Waals surface area (Å²) in [5.74, 6) is 0.880. The molecule has 20 heavy (non-hydrogen) atoms. The third kappa shape index (κ3) is 2.71. The molecule has 104 valence electrons. The van der Waals surface area contributed by atoms with Crippen LogP contribution in [0.15, 0.2) is 28.7 Å². The molecular formula is C14H14FN3OS. The number of nitrogens with one attached hydrogen (secondary N) is 1. The van der Waals surface area contributed by atoms with Gasteiger partial charge in [0.15, 0.2) is 0 Å². The summed E-state index contributed by atoms with van der Waals surface area (Å²) in [5.41, 5.74) is 0. The van der Waals surface area contributed by atoms with Crippen molar-refractivity contribution in [3.05, 3.63) is 36.0 Å². The fraction of sp³-hybridized carbons (Fsp3) is 0.286. The molecule has 0 aliphatic carbocycles. The lowest BCUT2D eigenvalue weighted by molar-refractivity contribution is 0.497. The van der Waals surface area contributed by atoms with Gasteiger partial charge in [-0.1, -0.05) is 13.0 Å². The van der Waals surface area contributed by atoms with E-state index in [9.17, 15) is 4.39 Å². The van der Waals surface area contributed by atoms with Gasteiger partial charge < -0.3 is 9.73 Å². The van der Waals surface area contributed by atoms with E-state index in [4.69, 9.17) is 4.42 Å². The number of benzene rings is 1. The molecule has 0 unspecified atom stereocenters. The molecule has 0 aliphatic rings. The van der Waals surface area contributed by atoms with E-state index in [0.29, 0.717) is 18.2 Å². The van der Waals surface area contributed by atoms with E-state index < -0.39 is 0 Å². The van der Waals surface area contributed by atoms with E-state index >= 15 is 0 Å². The van der Waals surface area contributed by atoms with Gasteiger partial charge in [-0.15, -0.1) is 21.5 Å². The number of rotatable bonds is 5. The van der Waals surface area contributed by atoms with Crippen LogP contribution in [0.3, 0.4) is 0 Å². The molecule has 0 bridgehead atoms. The van der Waals surface area contributed by atoms with Gasteiger partial charge in [0.1, 0.15) is 5.82 Å². The van der Waals surface area contributed by atoms with Crippen molar-refractivity contribution >= 4 is 21.4 Å². The van der Waals surface area contributed by atoms with Crippen LogP contribution in [0.25, 0.3) is 20.9 Å². The van der Waals surface area contributed by atoms with Crippen molar-refractivity contribution in [2.75, 3.05) is 13.1 Å². The second-order valence-electron chi connectivity index (χ2n) is 4.40. The lowest BCUT2D eigenvalue weighted by atomic mass is 10.2. The van der Waals surface area contributed by atoms with Crippen LogP contribution in [0.1, 0.15) is 12.8 Å². The minimum absolute atomic E-state index is 0.234. The van der Waals surface area contributed by atoms with Gasteiger partial charge in [0.2, 0.25) is 5.89 Å². The Hall–Kier alpha value is -1.79. The second-order valence-corrected chi connectivity index (χ2v) is 5.48. The quantitative estimate of drug-likeness (QED) is 0.733. The fourth-order valence-corrected chi connectivity index (χ4v) is 2.95. The maximum absolute atomic E-state index is 13.2. The Balaban J connectivity index is 1.83. The van der Waals surface area contributed by atoms with Crippen LogP contribution >= 0.6 is 11.3 Å². The van der Waals surface area contributed by atoms with Gasteiger partial charge >= 0.3 is 0 Å². The average molecular weight is 291 g/mol. The van der Waals surface area contributed by atoms with Crippen molar-refractivity contribution in [1.29, 1.82) is 0 Å². The van der Waals surface area contributed by atoms with Crippen LogP contribution in [0.5, 0.6) is 0 Å². The smallest absolute Gasteiger partial charge is 0.257 e. The summed E-state index contributed by atoms with van der Waals surface area (Å²) in [4.78, 5) is 0.868. The molecule has 3 aromatic rings. The third-order valence-corrected chi connectivity index (χ3v) is 4.01. The molecule has 0 fully saturated rings. The second kappa shape index (κ2) is 5.68. The predicted molar refractivity (Wildman–Crippen MR) is 77.3 cm³/mol. The highest BCUT2D eigenvalue weighted by Gasteiger charge is 2.12. The SMILES string of the molecule is CCNCCc1nnc(-c2cc3ccc(F)cc3s2)o1. The first-order valence-electron chi connectivity index (χ1n) is 6.49. The van der Waals surface area contributed by atoms with Crippen molar-refractivity contribution in [2.45, 2.75) is 13.3 Å². The number of nitrogens with zero attached hydrogens (tertiary/aromatic N) is 2. The van der Waals surface area contributed by atoms with Crippen LogP contribution in [-0.2, 0) is 6.42 Å². The Morgan fingerprint density at radius 1 is 1.30 bits per heavy atom. The molecule has 1 aromatic carbocycles. The number of likely N-dealkylation sites (N-methyl/N-ethyl adjacent to an activating group) is 1. The molecule has 0 spiro atoms. The maximum atomic E-state index is 13.2. The summed E-state index contributed by atoms with van der Waals surface area (Å²) in [7, 11) is 0. The van der Waals surface area contributed by atoms with Gasteiger partial charge in [-0.05, 0) is 30.1 Å². The van der Waals surface area contributed by atoms with Gasteiger partial charge in [0, 0.05) is 17.7 Å². The zero-order chi connectivity index (χ0) is 13.9. The third-order valence-electron chi connectivity index (χ3n) is 2.93. The van der Waals surface area contributed by atoms with E-state index in [2.05, 4.69) is 22.4 Å². The van der Waals surface area contributed by atoms with Crippen molar-refractivity contribution in [1.82, 2.24) is 15.5 Å². The van der Waals surface area contributed by atoms with E-state index in [0.717, 1.165) is 28.1 Å². The molecule has 4 nitrogen and oxygen atoms in total. The summed E-state index contributed by atoms with van der Waals surface area (Å²) in [6.07, 6.45) is 0.709. The predicted octanol–water partition coefficient (Wildman–Crippen LogP) is 3.24. The maximum Gasteiger partial charge on any atom is 0.257 e. The molecule has 2 aromatic heterocycles. The Labute approximate surface area is 119 Å². The topological polar surface area (TPSA) is 51.0 Å². The Kier molecular flexibility index (Phi) is 3.75. The van der Waals surface area contributed by atoms with Gasteiger partial charge in [0.25, 0.3) is 5.89 Å². The van der Waals surface area contributed by atoms with Gasteiger partial charge in [-0.3, -0.25) is 0 Å². The standard InChI is InChI=1S/C14H14FN3OS/c1-2-16-6-5-13-17-18-14(19-13)12-7-9-3-4-10(15)8-11(9)20-12/h3-4,7-8,16H,2,5-6H2,1H3. The Bertz CT molecular complexity index is 722. The van der Waals surface area contributed by atoms with E-state index in [1.165, 1.54) is 23.5 Å². The molecule has 1 N–H and O–H groups in total. The minimum Gasteiger partial charge on any atom is -0.420 e. The first-order valence-corrected chi connectivity index (χ1v) is 7.30. The summed E-state index contributed by atoms with van der Waals surface area (Å²) in [6.45, 7) is 3.79. The van der Waals surface area contributed by atoms with Crippen molar-refractivity contribution in [2.24, 2.45) is 0 Å². The average Bonchev–Trinajstić information content (AvgIpc) is 3.04. The summed E-state index contributed by atoms with van der Waals surface area (Å²) in [5, 5.41) is 12.3. The highest BCUT2D eigenvalue weighted by molar-refractivity contribution is 7.22. The highest BCUT2D eigenvalue weighted by atomic mass is 32.1. The first kappa shape index (κ1) is 13.2. The number of hydrogen-bond acceptors (Lipinski definition) is 5. The molecular weight excluding hydrogens is 277 g/mol. The van der Waals surface area contributed by atoms with Crippen molar-refractivity contribution in [3.63, 3.8) is 0 Å². The van der Waals surface area contributed by atoms with E-state index in [1.807, 2.05) is 6.07 Å². The normalized spacial score (nSPS) is 11.3. The molecule has 6 heteroatoms. The number of thiophene rings is 1. The van der Waals surface area contributed by atoms with Crippen LogP contribution in [-0.4, -0.2) is 23.3 Å². The monoisotopic (exact) mass is 291 g/mol. The van der Waals surface area contributed by atoms with Crippen LogP contribution in [0, 0.1) is 5.82 Å². The minimum atomic E-state index is -0.234. The van der Waals surface area contributed by atoms with Gasteiger partial charge in [-0.2, -0.15) is 0 Å². The largest absolute Gasteiger partial charge is 0.420 e. The van der Waals surface area contributed by atoms with E-state index in [1.54, 1.807) is 6.07 Å². The molecule has 0 saturated heterocycles. The first-order chi connectivity index (χ1) is 9.76. The molecule has 0 radical (unpaired) electrons. The summed E-state index contributed by atoms with van der Waals surface area (Å²) in [6, 6.07) is 6.68. The number of aromatic nitrogens is 2. The lowest BCUT2D eigenvalue weighted by Gasteiger charge is -1.95. The lowest BCUT2D eigenvalue weighted by Crippen LogP contribution is -2.16. The van der Waals surface area contributed by atoms with Gasteiger partial charge in [-0.25, -0.2) is 4.39 Å².